The van der Waals surface area contributed by atoms with E-state index >= 15 is 0 Å². The first-order valence-corrected chi connectivity index (χ1v) is 7.10. The van der Waals surface area contributed by atoms with Crippen LogP contribution in [0.2, 0.25) is 0 Å². The SMILES string of the molecule is CCCCC(Br)CC(F)COc1ccccc1. The first-order valence-electron chi connectivity index (χ1n) is 6.18. The van der Waals surface area contributed by atoms with Crippen LogP contribution < -0.4 is 4.74 Å². The van der Waals surface area contributed by atoms with Crippen LogP contribution in [0.25, 0.3) is 0 Å². The number of hydrogen-bond acceptors (Lipinski definition) is 1. The molecule has 3 heteroatoms. The summed E-state index contributed by atoms with van der Waals surface area (Å²) >= 11 is 3.51. The molecular formula is C14H20BrFO. The molecule has 96 valence electrons. The second kappa shape index (κ2) is 8.51. The molecule has 0 aliphatic rings. The van der Waals surface area contributed by atoms with E-state index in [1.165, 1.54) is 0 Å². The van der Waals surface area contributed by atoms with E-state index in [2.05, 4.69) is 22.9 Å². The minimum atomic E-state index is -0.906. The molecule has 0 aliphatic carbocycles. The summed E-state index contributed by atoms with van der Waals surface area (Å²) < 4.78 is 19.0. The molecule has 0 bridgehead atoms. The van der Waals surface area contributed by atoms with E-state index in [1.54, 1.807) is 0 Å². The van der Waals surface area contributed by atoms with Crippen LogP contribution in [0.4, 0.5) is 4.39 Å². The Balaban J connectivity index is 2.19. The Labute approximate surface area is 111 Å². The highest BCUT2D eigenvalue weighted by molar-refractivity contribution is 9.09. The molecule has 1 aromatic rings. The van der Waals surface area contributed by atoms with Gasteiger partial charge in [0.15, 0.2) is 0 Å². The number of rotatable bonds is 8. The fourth-order valence-corrected chi connectivity index (χ4v) is 2.32. The lowest BCUT2D eigenvalue weighted by molar-refractivity contribution is 0.186. The normalized spacial score (nSPS) is 14.3. The molecule has 0 amide bonds. The molecular weight excluding hydrogens is 283 g/mol. The molecule has 0 N–H and O–H groups in total. The molecule has 2 atom stereocenters. The van der Waals surface area contributed by atoms with E-state index in [0.29, 0.717) is 6.42 Å². The summed E-state index contributed by atoms with van der Waals surface area (Å²) in [7, 11) is 0. The highest BCUT2D eigenvalue weighted by Crippen LogP contribution is 2.18. The van der Waals surface area contributed by atoms with Crippen molar-refractivity contribution < 1.29 is 9.13 Å². The van der Waals surface area contributed by atoms with Gasteiger partial charge in [-0.15, -0.1) is 0 Å². The summed E-state index contributed by atoms with van der Waals surface area (Å²) in [6.07, 6.45) is 2.94. The highest BCUT2D eigenvalue weighted by Gasteiger charge is 2.13. The molecule has 0 saturated heterocycles. The number of hydrogen-bond donors (Lipinski definition) is 0. The fourth-order valence-electron chi connectivity index (χ4n) is 1.59. The first kappa shape index (κ1) is 14.5. The van der Waals surface area contributed by atoms with Crippen LogP contribution >= 0.6 is 15.9 Å². The lowest BCUT2D eigenvalue weighted by Gasteiger charge is -2.14. The standard InChI is InChI=1S/C14H20BrFO/c1-2-3-7-12(15)10-13(16)11-17-14-8-5-4-6-9-14/h4-6,8-9,12-13H,2-3,7,10-11H2,1H3. The number of halogens is 2. The van der Waals surface area contributed by atoms with Crippen molar-refractivity contribution in [2.45, 2.75) is 43.6 Å². The summed E-state index contributed by atoms with van der Waals surface area (Å²) in [5, 5.41) is 0. The van der Waals surface area contributed by atoms with Crippen molar-refractivity contribution in [1.82, 2.24) is 0 Å². The van der Waals surface area contributed by atoms with E-state index in [4.69, 9.17) is 4.74 Å². The smallest absolute Gasteiger partial charge is 0.135 e. The lowest BCUT2D eigenvalue weighted by Crippen LogP contribution is -2.17. The number of alkyl halides is 2. The molecule has 1 nitrogen and oxygen atoms in total. The summed E-state index contributed by atoms with van der Waals surface area (Å²) in [5.41, 5.74) is 0. The molecule has 0 saturated carbocycles. The van der Waals surface area contributed by atoms with Gasteiger partial charge >= 0.3 is 0 Å². The van der Waals surface area contributed by atoms with E-state index in [1.807, 2.05) is 30.3 Å². The van der Waals surface area contributed by atoms with Crippen LogP contribution in [0.5, 0.6) is 5.75 Å². The maximum Gasteiger partial charge on any atom is 0.135 e. The first-order chi connectivity index (χ1) is 8.22. The number of ether oxygens (including phenoxy) is 1. The molecule has 1 aromatic carbocycles. The summed E-state index contributed by atoms with van der Waals surface area (Å²) in [6.45, 7) is 2.28. The zero-order valence-electron chi connectivity index (χ0n) is 10.2. The Hall–Kier alpha value is -0.570. The van der Waals surface area contributed by atoms with Gasteiger partial charge in [-0.25, -0.2) is 4.39 Å². The second-order valence-corrected chi connectivity index (χ2v) is 5.49. The van der Waals surface area contributed by atoms with Gasteiger partial charge in [0.25, 0.3) is 0 Å². The predicted molar refractivity (Wildman–Crippen MR) is 73.7 cm³/mol. The van der Waals surface area contributed by atoms with Gasteiger partial charge in [-0.1, -0.05) is 53.9 Å². The Kier molecular flexibility index (Phi) is 7.25. The largest absolute Gasteiger partial charge is 0.491 e. The summed E-state index contributed by atoms with van der Waals surface area (Å²) in [5.74, 6) is 0.731. The average molecular weight is 303 g/mol. The zero-order valence-corrected chi connectivity index (χ0v) is 11.8. The Bertz CT molecular complexity index is 292. The fraction of sp³-hybridized carbons (Fsp3) is 0.571. The second-order valence-electron chi connectivity index (χ2n) is 4.20. The summed E-state index contributed by atoms with van der Waals surface area (Å²) in [6, 6.07) is 9.37. The number of para-hydroxylation sites is 1. The molecule has 0 fully saturated rings. The van der Waals surface area contributed by atoms with Gasteiger partial charge in [0.05, 0.1) is 0 Å². The third kappa shape index (κ3) is 6.67. The van der Waals surface area contributed by atoms with Crippen molar-refractivity contribution in [2.75, 3.05) is 6.61 Å². The van der Waals surface area contributed by atoms with Gasteiger partial charge in [-0.05, 0) is 25.0 Å². The van der Waals surface area contributed by atoms with E-state index < -0.39 is 6.17 Å². The van der Waals surface area contributed by atoms with Crippen molar-refractivity contribution in [1.29, 1.82) is 0 Å². The topological polar surface area (TPSA) is 9.23 Å². The zero-order chi connectivity index (χ0) is 12.5. The minimum Gasteiger partial charge on any atom is -0.491 e. The van der Waals surface area contributed by atoms with Gasteiger partial charge in [0, 0.05) is 4.83 Å². The van der Waals surface area contributed by atoms with Gasteiger partial charge < -0.3 is 4.74 Å². The minimum absolute atomic E-state index is 0.137. The maximum absolute atomic E-state index is 13.6. The van der Waals surface area contributed by atoms with Crippen molar-refractivity contribution in [3.05, 3.63) is 30.3 Å². The molecule has 0 aromatic heterocycles. The molecule has 0 radical (unpaired) electrons. The van der Waals surface area contributed by atoms with Crippen LogP contribution in [0.3, 0.4) is 0 Å². The highest BCUT2D eigenvalue weighted by atomic mass is 79.9. The number of unbranched alkanes of at least 4 members (excludes halogenated alkanes) is 1. The molecule has 2 unspecified atom stereocenters. The Morgan fingerprint density at radius 3 is 2.65 bits per heavy atom. The summed E-state index contributed by atoms with van der Waals surface area (Å²) in [4.78, 5) is 0.261. The van der Waals surface area contributed by atoms with Crippen molar-refractivity contribution in [2.24, 2.45) is 0 Å². The molecule has 0 heterocycles. The van der Waals surface area contributed by atoms with E-state index in [-0.39, 0.29) is 11.4 Å². The quantitative estimate of drug-likeness (QED) is 0.630. The monoisotopic (exact) mass is 302 g/mol. The van der Waals surface area contributed by atoms with Crippen LogP contribution in [-0.2, 0) is 0 Å². The van der Waals surface area contributed by atoms with E-state index in [0.717, 1.165) is 25.0 Å². The Morgan fingerprint density at radius 1 is 1.29 bits per heavy atom. The van der Waals surface area contributed by atoms with Gasteiger partial charge in [0.1, 0.15) is 18.5 Å². The Morgan fingerprint density at radius 2 is 2.00 bits per heavy atom. The van der Waals surface area contributed by atoms with Crippen LogP contribution in [0.15, 0.2) is 30.3 Å². The van der Waals surface area contributed by atoms with Crippen molar-refractivity contribution in [3.63, 3.8) is 0 Å². The van der Waals surface area contributed by atoms with Crippen LogP contribution in [-0.4, -0.2) is 17.6 Å². The molecule has 0 spiro atoms. The van der Waals surface area contributed by atoms with Crippen LogP contribution in [0, 0.1) is 0 Å². The van der Waals surface area contributed by atoms with Gasteiger partial charge in [-0.2, -0.15) is 0 Å². The van der Waals surface area contributed by atoms with Crippen molar-refractivity contribution >= 4 is 15.9 Å². The lowest BCUT2D eigenvalue weighted by atomic mass is 10.1. The average Bonchev–Trinajstić information content (AvgIpc) is 2.35. The van der Waals surface area contributed by atoms with Crippen molar-refractivity contribution in [3.8, 4) is 5.75 Å². The molecule has 0 aliphatic heterocycles. The third-order valence-electron chi connectivity index (χ3n) is 2.56. The van der Waals surface area contributed by atoms with Gasteiger partial charge in [0.2, 0.25) is 0 Å². The molecule has 17 heavy (non-hydrogen) atoms. The van der Waals surface area contributed by atoms with Crippen LogP contribution in [0.1, 0.15) is 32.6 Å². The molecule has 1 rings (SSSR count). The van der Waals surface area contributed by atoms with E-state index in [9.17, 15) is 4.39 Å². The third-order valence-corrected chi connectivity index (χ3v) is 3.39. The maximum atomic E-state index is 13.6. The van der Waals surface area contributed by atoms with Gasteiger partial charge in [-0.3, -0.25) is 0 Å². The predicted octanol–water partition coefficient (Wildman–Crippen LogP) is 4.75. The number of benzene rings is 1.